The number of para-hydroxylation sites is 1. The van der Waals surface area contributed by atoms with Crippen LogP contribution in [0.4, 0.5) is 0 Å². The average molecular weight is 198 g/mol. The Hall–Kier alpha value is -0.670. The molecule has 0 atom stereocenters. The molecule has 0 aliphatic carbocycles. The van der Waals surface area contributed by atoms with Crippen molar-refractivity contribution in [2.75, 3.05) is 18.6 Å². The minimum Gasteiger partial charge on any atom is -0.492 e. The summed E-state index contributed by atoms with van der Waals surface area (Å²) in [5.74, 6) is 1.76. The maximum absolute atomic E-state index is 8.99. The lowest BCUT2D eigenvalue weighted by molar-refractivity contribution is 0.267. The lowest BCUT2D eigenvalue weighted by Crippen LogP contribution is -2.01. The molecule has 0 fully saturated rings. The minimum absolute atomic E-state index is 0.0371. The first-order valence-electron chi connectivity index (χ1n) is 4.19. The van der Waals surface area contributed by atoms with Crippen LogP contribution in [-0.2, 0) is 6.61 Å². The molecule has 0 bridgehead atoms. The van der Waals surface area contributed by atoms with Crippen molar-refractivity contribution in [2.45, 2.75) is 6.61 Å². The van der Waals surface area contributed by atoms with E-state index in [4.69, 9.17) is 9.84 Å². The zero-order chi connectivity index (χ0) is 9.52. The first-order valence-corrected chi connectivity index (χ1v) is 5.58. The highest BCUT2D eigenvalue weighted by molar-refractivity contribution is 7.98. The van der Waals surface area contributed by atoms with E-state index in [9.17, 15) is 0 Å². The number of hydrogen-bond acceptors (Lipinski definition) is 3. The van der Waals surface area contributed by atoms with Gasteiger partial charge in [-0.15, -0.1) is 0 Å². The molecule has 1 aromatic rings. The summed E-state index contributed by atoms with van der Waals surface area (Å²) in [7, 11) is 0. The van der Waals surface area contributed by atoms with E-state index < -0.39 is 0 Å². The van der Waals surface area contributed by atoms with Gasteiger partial charge in [0.05, 0.1) is 13.2 Å². The SMILES string of the molecule is CSCCOc1ccccc1CO. The van der Waals surface area contributed by atoms with Crippen molar-refractivity contribution in [1.82, 2.24) is 0 Å². The summed E-state index contributed by atoms with van der Waals surface area (Å²) in [5, 5.41) is 8.99. The molecule has 0 amide bonds. The van der Waals surface area contributed by atoms with Crippen LogP contribution in [-0.4, -0.2) is 23.7 Å². The van der Waals surface area contributed by atoms with Gasteiger partial charge in [0, 0.05) is 11.3 Å². The molecular formula is C10H14O2S. The van der Waals surface area contributed by atoms with Crippen molar-refractivity contribution >= 4 is 11.8 Å². The van der Waals surface area contributed by atoms with E-state index in [0.29, 0.717) is 6.61 Å². The number of ether oxygens (including phenoxy) is 1. The average Bonchev–Trinajstić information content (AvgIpc) is 2.19. The van der Waals surface area contributed by atoms with Crippen LogP contribution in [0.1, 0.15) is 5.56 Å². The van der Waals surface area contributed by atoms with Crippen LogP contribution >= 0.6 is 11.8 Å². The van der Waals surface area contributed by atoms with Gasteiger partial charge in [-0.3, -0.25) is 0 Å². The molecule has 2 nitrogen and oxygen atoms in total. The summed E-state index contributed by atoms with van der Waals surface area (Å²) in [5.41, 5.74) is 0.851. The quantitative estimate of drug-likeness (QED) is 0.733. The van der Waals surface area contributed by atoms with Crippen molar-refractivity contribution in [3.05, 3.63) is 29.8 Å². The largest absolute Gasteiger partial charge is 0.492 e. The van der Waals surface area contributed by atoms with E-state index in [1.165, 1.54) is 0 Å². The predicted octanol–water partition coefficient (Wildman–Crippen LogP) is 1.92. The van der Waals surface area contributed by atoms with Crippen LogP contribution in [0.25, 0.3) is 0 Å². The van der Waals surface area contributed by atoms with Gasteiger partial charge in [-0.1, -0.05) is 18.2 Å². The van der Waals surface area contributed by atoms with E-state index in [2.05, 4.69) is 0 Å². The summed E-state index contributed by atoms with van der Waals surface area (Å²) in [4.78, 5) is 0. The van der Waals surface area contributed by atoms with Crippen LogP contribution in [0.2, 0.25) is 0 Å². The Bertz CT molecular complexity index is 250. The van der Waals surface area contributed by atoms with E-state index in [1.54, 1.807) is 11.8 Å². The van der Waals surface area contributed by atoms with Gasteiger partial charge < -0.3 is 9.84 Å². The summed E-state index contributed by atoms with van der Waals surface area (Å²) in [6, 6.07) is 7.56. The van der Waals surface area contributed by atoms with Gasteiger partial charge in [0.25, 0.3) is 0 Å². The Labute approximate surface area is 82.9 Å². The monoisotopic (exact) mass is 198 g/mol. The fraction of sp³-hybridized carbons (Fsp3) is 0.400. The van der Waals surface area contributed by atoms with Crippen molar-refractivity contribution in [3.8, 4) is 5.75 Å². The molecule has 0 heterocycles. The zero-order valence-corrected chi connectivity index (χ0v) is 8.51. The first-order chi connectivity index (χ1) is 6.38. The highest BCUT2D eigenvalue weighted by Crippen LogP contribution is 2.17. The molecule has 13 heavy (non-hydrogen) atoms. The van der Waals surface area contributed by atoms with Crippen molar-refractivity contribution in [1.29, 1.82) is 0 Å². The molecule has 0 spiro atoms. The Morgan fingerprint density at radius 2 is 2.15 bits per heavy atom. The van der Waals surface area contributed by atoms with Gasteiger partial charge in [-0.2, -0.15) is 11.8 Å². The van der Waals surface area contributed by atoms with Crippen LogP contribution in [0.15, 0.2) is 24.3 Å². The van der Waals surface area contributed by atoms with E-state index >= 15 is 0 Å². The molecule has 0 saturated heterocycles. The minimum atomic E-state index is 0.0371. The highest BCUT2D eigenvalue weighted by atomic mass is 32.2. The molecule has 0 aromatic heterocycles. The van der Waals surface area contributed by atoms with Gasteiger partial charge in [0.2, 0.25) is 0 Å². The van der Waals surface area contributed by atoms with Crippen LogP contribution in [0.3, 0.4) is 0 Å². The van der Waals surface area contributed by atoms with Gasteiger partial charge in [-0.25, -0.2) is 0 Å². The second-order valence-corrected chi connectivity index (χ2v) is 3.59. The molecule has 1 rings (SSSR count). The highest BCUT2D eigenvalue weighted by Gasteiger charge is 1.99. The fourth-order valence-electron chi connectivity index (χ4n) is 1.01. The first kappa shape index (κ1) is 10.4. The van der Waals surface area contributed by atoms with Crippen molar-refractivity contribution in [3.63, 3.8) is 0 Å². The third-order valence-electron chi connectivity index (χ3n) is 1.69. The normalized spacial score (nSPS) is 10.0. The summed E-state index contributed by atoms with van der Waals surface area (Å²) in [6.07, 6.45) is 2.04. The Kier molecular flexibility index (Phi) is 4.72. The van der Waals surface area contributed by atoms with E-state index in [-0.39, 0.29) is 6.61 Å². The number of aliphatic hydroxyl groups is 1. The van der Waals surface area contributed by atoms with Gasteiger partial charge in [0.1, 0.15) is 5.75 Å². The smallest absolute Gasteiger partial charge is 0.124 e. The van der Waals surface area contributed by atoms with E-state index in [0.717, 1.165) is 17.1 Å². The predicted molar refractivity (Wildman–Crippen MR) is 56.2 cm³/mol. The van der Waals surface area contributed by atoms with Gasteiger partial charge in [0.15, 0.2) is 0 Å². The third-order valence-corrected chi connectivity index (χ3v) is 2.26. The van der Waals surface area contributed by atoms with E-state index in [1.807, 2.05) is 30.5 Å². The Balaban J connectivity index is 2.54. The topological polar surface area (TPSA) is 29.5 Å². The summed E-state index contributed by atoms with van der Waals surface area (Å²) in [6.45, 7) is 0.730. The summed E-state index contributed by atoms with van der Waals surface area (Å²) >= 11 is 1.75. The third kappa shape index (κ3) is 3.28. The van der Waals surface area contributed by atoms with Crippen molar-refractivity contribution < 1.29 is 9.84 Å². The Morgan fingerprint density at radius 1 is 1.38 bits per heavy atom. The molecule has 3 heteroatoms. The molecule has 0 radical (unpaired) electrons. The number of thioether (sulfide) groups is 1. The fourth-order valence-corrected chi connectivity index (χ4v) is 1.26. The number of benzene rings is 1. The van der Waals surface area contributed by atoms with Crippen LogP contribution in [0, 0.1) is 0 Å². The zero-order valence-electron chi connectivity index (χ0n) is 7.69. The number of aliphatic hydroxyl groups excluding tert-OH is 1. The second kappa shape index (κ2) is 5.89. The molecular weight excluding hydrogens is 184 g/mol. The molecule has 1 N–H and O–H groups in total. The molecule has 72 valence electrons. The van der Waals surface area contributed by atoms with Crippen LogP contribution < -0.4 is 4.74 Å². The second-order valence-electron chi connectivity index (χ2n) is 2.61. The molecule has 1 aromatic carbocycles. The molecule has 0 unspecified atom stereocenters. The number of rotatable bonds is 5. The molecule has 0 aliphatic rings. The van der Waals surface area contributed by atoms with Gasteiger partial charge in [-0.05, 0) is 12.3 Å². The Morgan fingerprint density at radius 3 is 2.85 bits per heavy atom. The lowest BCUT2D eigenvalue weighted by atomic mass is 10.2. The molecule has 0 saturated carbocycles. The van der Waals surface area contributed by atoms with Crippen LogP contribution in [0.5, 0.6) is 5.75 Å². The molecule has 0 aliphatic heterocycles. The summed E-state index contributed by atoms with van der Waals surface area (Å²) < 4.78 is 5.49. The maximum Gasteiger partial charge on any atom is 0.124 e. The standard InChI is InChI=1S/C10H14O2S/c1-13-7-6-12-10-5-3-2-4-9(10)8-11/h2-5,11H,6-8H2,1H3. The lowest BCUT2D eigenvalue weighted by Gasteiger charge is -2.08. The number of hydrogen-bond donors (Lipinski definition) is 1. The van der Waals surface area contributed by atoms with Gasteiger partial charge >= 0.3 is 0 Å². The maximum atomic E-state index is 8.99. The van der Waals surface area contributed by atoms with Crippen molar-refractivity contribution in [2.24, 2.45) is 0 Å².